The molecule has 1 aliphatic rings. The molecule has 2 rings (SSSR count). The molecule has 6 heteroatoms. The molecule has 252 valence electrons. The molecular formula is C38H64O6. The summed E-state index contributed by atoms with van der Waals surface area (Å²) in [6, 6.07) is 0. The molecule has 0 saturated heterocycles. The van der Waals surface area contributed by atoms with Crippen LogP contribution in [0.3, 0.4) is 0 Å². The second-order valence-corrected chi connectivity index (χ2v) is 15.1. The Labute approximate surface area is 269 Å². The van der Waals surface area contributed by atoms with Gasteiger partial charge in [0.15, 0.2) is 0 Å². The third-order valence-corrected chi connectivity index (χ3v) is 9.69. The number of benzene rings is 1. The van der Waals surface area contributed by atoms with Gasteiger partial charge in [-0.3, -0.25) is 9.59 Å². The molecule has 1 aromatic rings. The Kier molecular flexibility index (Phi) is 15.2. The predicted molar refractivity (Wildman–Crippen MR) is 179 cm³/mol. The van der Waals surface area contributed by atoms with Gasteiger partial charge in [0.2, 0.25) is 0 Å². The second kappa shape index (κ2) is 17.6. The second-order valence-electron chi connectivity index (χ2n) is 15.1. The minimum Gasteiger partial charge on any atom is -0.487 e. The van der Waals surface area contributed by atoms with Gasteiger partial charge in [0.05, 0.1) is 12.8 Å². The summed E-state index contributed by atoms with van der Waals surface area (Å²) >= 11 is 0. The smallest absolute Gasteiger partial charge is 0.311 e. The van der Waals surface area contributed by atoms with Gasteiger partial charge in [-0.1, -0.05) is 72.6 Å². The van der Waals surface area contributed by atoms with Crippen LogP contribution in [0, 0.1) is 38.5 Å². The molecule has 0 saturated carbocycles. The minimum atomic E-state index is -0.767. The molecule has 1 aromatic carbocycles. The number of hydrogen-bond donors (Lipinski definition) is 1. The molecule has 1 N–H and O–H groups in total. The van der Waals surface area contributed by atoms with Crippen LogP contribution in [0.2, 0.25) is 0 Å². The van der Waals surface area contributed by atoms with Crippen molar-refractivity contribution in [2.45, 2.75) is 170 Å². The zero-order valence-corrected chi connectivity index (χ0v) is 29.8. The fourth-order valence-electron chi connectivity index (χ4n) is 6.46. The molecule has 0 aliphatic carbocycles. The largest absolute Gasteiger partial charge is 0.487 e. The van der Waals surface area contributed by atoms with Gasteiger partial charge in [0, 0.05) is 18.6 Å². The first-order valence-electron chi connectivity index (χ1n) is 17.4. The highest BCUT2D eigenvalue weighted by atomic mass is 16.6. The van der Waals surface area contributed by atoms with Gasteiger partial charge in [-0.15, -0.1) is 0 Å². The van der Waals surface area contributed by atoms with E-state index in [0.717, 1.165) is 65.0 Å². The molecule has 0 radical (unpaired) electrons. The van der Waals surface area contributed by atoms with Crippen LogP contribution in [0.1, 0.15) is 154 Å². The summed E-state index contributed by atoms with van der Waals surface area (Å²) in [6.45, 7) is 21.1. The van der Waals surface area contributed by atoms with Crippen LogP contribution in [-0.4, -0.2) is 34.9 Å². The van der Waals surface area contributed by atoms with Crippen LogP contribution in [0.5, 0.6) is 11.5 Å². The van der Waals surface area contributed by atoms with Crippen molar-refractivity contribution < 1.29 is 28.9 Å². The minimum absolute atomic E-state index is 0.0621. The van der Waals surface area contributed by atoms with Gasteiger partial charge < -0.3 is 19.3 Å². The molecule has 1 aliphatic heterocycles. The number of esters is 2. The Bertz CT molecular complexity index is 1070. The highest BCUT2D eigenvalue weighted by Gasteiger charge is 2.35. The van der Waals surface area contributed by atoms with E-state index in [1.807, 2.05) is 20.8 Å². The van der Waals surface area contributed by atoms with Crippen LogP contribution < -0.4 is 9.47 Å². The number of carbonyl (C=O) groups excluding carboxylic acids is 2. The maximum absolute atomic E-state index is 12.7. The highest BCUT2D eigenvalue weighted by molar-refractivity contribution is 5.80. The average Bonchev–Trinajstić information content (AvgIpc) is 2.92. The summed E-state index contributed by atoms with van der Waals surface area (Å²) in [5.41, 5.74) is 3.02. The third kappa shape index (κ3) is 12.4. The molecule has 6 nitrogen and oxygen atoms in total. The van der Waals surface area contributed by atoms with Crippen LogP contribution in [0.15, 0.2) is 0 Å². The van der Waals surface area contributed by atoms with E-state index < -0.39 is 17.5 Å². The average molecular weight is 617 g/mol. The van der Waals surface area contributed by atoms with Crippen molar-refractivity contribution in [1.29, 1.82) is 0 Å². The molecule has 1 heterocycles. The lowest BCUT2D eigenvalue weighted by Gasteiger charge is -2.38. The van der Waals surface area contributed by atoms with E-state index in [4.69, 9.17) is 19.3 Å². The zero-order chi connectivity index (χ0) is 33.1. The van der Waals surface area contributed by atoms with Crippen molar-refractivity contribution in [2.24, 2.45) is 17.8 Å². The van der Waals surface area contributed by atoms with Crippen LogP contribution in [0.4, 0.5) is 0 Å². The fourth-order valence-corrected chi connectivity index (χ4v) is 6.46. The van der Waals surface area contributed by atoms with E-state index in [2.05, 4.69) is 34.6 Å². The Morgan fingerprint density at radius 2 is 1.43 bits per heavy atom. The van der Waals surface area contributed by atoms with Crippen molar-refractivity contribution in [3.05, 3.63) is 22.3 Å². The number of aliphatic hydroxyl groups is 1. The SMILES string of the molecule is Cc1c(C)c2c(c(C)c1OC(=O)CCC(=O)OC(C)(C)CCO)CCC(C)(CCCC(C)CCCC(C)CCCC(C)C)O2. The first kappa shape index (κ1) is 38.1. The highest BCUT2D eigenvalue weighted by Crippen LogP contribution is 2.45. The maximum atomic E-state index is 12.7. The lowest BCUT2D eigenvalue weighted by atomic mass is 9.83. The van der Waals surface area contributed by atoms with E-state index in [1.165, 1.54) is 51.4 Å². The molecule has 0 spiro atoms. The van der Waals surface area contributed by atoms with Gasteiger partial charge in [0.1, 0.15) is 22.7 Å². The summed E-state index contributed by atoms with van der Waals surface area (Å²) in [6.07, 6.45) is 13.6. The number of rotatable bonds is 19. The van der Waals surface area contributed by atoms with E-state index >= 15 is 0 Å². The topological polar surface area (TPSA) is 82.1 Å². The standard InChI is InChI=1S/C38H64O6/c1-26(2)14-11-15-27(3)16-12-17-28(4)18-13-22-38(10)23-21-32-31(7)35(29(5)30(6)36(32)44-38)42-33(40)19-20-34(41)43-37(8,9)24-25-39/h26-28,39H,11-25H2,1-10H3. The molecule has 0 fully saturated rings. The zero-order valence-electron chi connectivity index (χ0n) is 29.8. The summed E-state index contributed by atoms with van der Waals surface area (Å²) < 4.78 is 18.0. The first-order valence-corrected chi connectivity index (χ1v) is 17.4. The van der Waals surface area contributed by atoms with Gasteiger partial charge in [0.25, 0.3) is 0 Å². The maximum Gasteiger partial charge on any atom is 0.311 e. The Hall–Kier alpha value is -2.08. The number of ether oxygens (including phenoxy) is 3. The van der Waals surface area contributed by atoms with Crippen molar-refractivity contribution >= 4 is 11.9 Å². The monoisotopic (exact) mass is 616 g/mol. The van der Waals surface area contributed by atoms with Crippen molar-refractivity contribution in [3.8, 4) is 11.5 Å². The molecule has 3 atom stereocenters. The van der Waals surface area contributed by atoms with Crippen molar-refractivity contribution in [1.82, 2.24) is 0 Å². The first-order chi connectivity index (χ1) is 20.6. The summed E-state index contributed by atoms with van der Waals surface area (Å²) in [5, 5.41) is 9.14. The van der Waals surface area contributed by atoms with Gasteiger partial charge in [-0.25, -0.2) is 0 Å². The van der Waals surface area contributed by atoms with Crippen molar-refractivity contribution in [3.63, 3.8) is 0 Å². The summed E-state index contributed by atoms with van der Waals surface area (Å²) in [4.78, 5) is 25.0. The number of fused-ring (bicyclic) bond motifs is 1. The Morgan fingerprint density at radius 3 is 2.02 bits per heavy atom. The van der Waals surface area contributed by atoms with E-state index in [0.29, 0.717) is 12.2 Å². The van der Waals surface area contributed by atoms with Gasteiger partial charge >= 0.3 is 11.9 Å². The fraction of sp³-hybridized carbons (Fsp3) is 0.789. The van der Waals surface area contributed by atoms with Gasteiger partial charge in [-0.05, 0) is 102 Å². The normalized spacial score (nSPS) is 18.0. The molecule has 44 heavy (non-hydrogen) atoms. The summed E-state index contributed by atoms with van der Waals surface area (Å²) in [5.74, 6) is 3.00. The molecule has 3 unspecified atom stereocenters. The number of hydrogen-bond acceptors (Lipinski definition) is 6. The molecular weight excluding hydrogens is 552 g/mol. The lowest BCUT2D eigenvalue weighted by molar-refractivity contribution is -0.159. The molecule has 0 aromatic heterocycles. The van der Waals surface area contributed by atoms with Crippen LogP contribution >= 0.6 is 0 Å². The number of aliphatic hydroxyl groups excluding tert-OH is 1. The Morgan fingerprint density at radius 1 is 0.864 bits per heavy atom. The quantitative estimate of drug-likeness (QED) is 0.123. The molecule has 0 bridgehead atoms. The van der Waals surface area contributed by atoms with Crippen LogP contribution in [-0.2, 0) is 20.7 Å². The third-order valence-electron chi connectivity index (χ3n) is 9.69. The summed E-state index contributed by atoms with van der Waals surface area (Å²) in [7, 11) is 0. The predicted octanol–water partition coefficient (Wildman–Crippen LogP) is 9.52. The molecule has 0 amide bonds. The number of carbonyl (C=O) groups is 2. The van der Waals surface area contributed by atoms with Crippen LogP contribution in [0.25, 0.3) is 0 Å². The van der Waals surface area contributed by atoms with Gasteiger partial charge in [-0.2, -0.15) is 0 Å². The van der Waals surface area contributed by atoms with E-state index in [-0.39, 0.29) is 25.0 Å². The van der Waals surface area contributed by atoms with Crippen molar-refractivity contribution in [2.75, 3.05) is 6.61 Å². The Balaban J connectivity index is 1.88. The van der Waals surface area contributed by atoms with E-state index in [1.54, 1.807) is 13.8 Å². The van der Waals surface area contributed by atoms with E-state index in [9.17, 15) is 9.59 Å². The lowest BCUT2D eigenvalue weighted by Crippen LogP contribution is -2.37.